The van der Waals surface area contributed by atoms with Crippen molar-refractivity contribution in [3.8, 4) is 11.4 Å². The van der Waals surface area contributed by atoms with E-state index in [9.17, 15) is 4.79 Å². The fourth-order valence-corrected chi connectivity index (χ4v) is 3.62. The first kappa shape index (κ1) is 17.7. The summed E-state index contributed by atoms with van der Waals surface area (Å²) >= 11 is 0. The molecule has 0 saturated carbocycles. The quantitative estimate of drug-likeness (QED) is 0.666. The first-order chi connectivity index (χ1) is 13.2. The fourth-order valence-electron chi connectivity index (χ4n) is 3.62. The third kappa shape index (κ3) is 3.59. The number of ether oxygens (including phenoxy) is 1. The third-order valence-electron chi connectivity index (χ3n) is 5.15. The third-order valence-corrected chi connectivity index (χ3v) is 5.15. The van der Waals surface area contributed by atoms with Gasteiger partial charge in [-0.3, -0.25) is 9.88 Å². The smallest absolute Gasteiger partial charge is 0.340 e. The van der Waals surface area contributed by atoms with Crippen molar-refractivity contribution in [3.63, 3.8) is 0 Å². The van der Waals surface area contributed by atoms with Crippen LogP contribution in [0.15, 0.2) is 48.8 Å². The normalized spacial score (nSPS) is 15.9. The number of esters is 1. The first-order valence-corrected chi connectivity index (χ1v) is 9.20. The Bertz CT molecular complexity index is 958. The van der Waals surface area contributed by atoms with Crippen molar-refractivity contribution < 1.29 is 9.53 Å². The molecule has 27 heavy (non-hydrogen) atoms. The highest BCUT2D eigenvalue weighted by molar-refractivity contribution is 5.98. The van der Waals surface area contributed by atoms with Crippen LogP contribution >= 0.6 is 0 Å². The van der Waals surface area contributed by atoms with Crippen LogP contribution in [0, 0.1) is 0 Å². The van der Waals surface area contributed by atoms with Crippen LogP contribution in [-0.4, -0.2) is 65.5 Å². The lowest BCUT2D eigenvalue weighted by Gasteiger charge is -2.32. The van der Waals surface area contributed by atoms with Crippen molar-refractivity contribution in [2.45, 2.75) is 6.54 Å². The van der Waals surface area contributed by atoms with Crippen molar-refractivity contribution in [1.29, 1.82) is 0 Å². The Hall–Kier alpha value is -2.70. The van der Waals surface area contributed by atoms with E-state index in [4.69, 9.17) is 4.74 Å². The molecule has 0 bridgehead atoms. The minimum Gasteiger partial charge on any atom is -0.465 e. The summed E-state index contributed by atoms with van der Waals surface area (Å²) < 4.78 is 6.99. The number of aromatic nitrogens is 2. The molecule has 0 aromatic carbocycles. The zero-order valence-corrected chi connectivity index (χ0v) is 15.8. The van der Waals surface area contributed by atoms with Gasteiger partial charge in [-0.2, -0.15) is 0 Å². The predicted molar refractivity (Wildman–Crippen MR) is 105 cm³/mol. The molecule has 1 fully saturated rings. The average molecular weight is 364 g/mol. The molecule has 0 spiro atoms. The van der Waals surface area contributed by atoms with E-state index in [-0.39, 0.29) is 5.97 Å². The van der Waals surface area contributed by atoms with E-state index in [2.05, 4.69) is 34.0 Å². The van der Waals surface area contributed by atoms with Crippen molar-refractivity contribution >= 4 is 11.5 Å². The Morgan fingerprint density at radius 3 is 2.74 bits per heavy atom. The number of hydrogen-bond acceptors (Lipinski definition) is 5. The van der Waals surface area contributed by atoms with Crippen LogP contribution in [0.5, 0.6) is 0 Å². The van der Waals surface area contributed by atoms with E-state index >= 15 is 0 Å². The zero-order valence-electron chi connectivity index (χ0n) is 15.8. The SMILES string of the molecule is COC(=O)c1cc2ccccn2c1-c1cc(CN2CCN(C)CC2)ccn1. The van der Waals surface area contributed by atoms with Gasteiger partial charge in [0.05, 0.1) is 24.1 Å². The molecule has 0 radical (unpaired) electrons. The van der Waals surface area contributed by atoms with E-state index in [1.54, 1.807) is 0 Å². The van der Waals surface area contributed by atoms with Gasteiger partial charge < -0.3 is 14.0 Å². The van der Waals surface area contributed by atoms with Crippen LogP contribution in [0.1, 0.15) is 15.9 Å². The Kier molecular flexibility index (Phi) is 4.92. The molecule has 4 heterocycles. The second-order valence-electron chi connectivity index (χ2n) is 7.02. The molecule has 140 valence electrons. The van der Waals surface area contributed by atoms with Gasteiger partial charge in [0.1, 0.15) is 0 Å². The molecule has 0 N–H and O–H groups in total. The lowest BCUT2D eigenvalue weighted by Crippen LogP contribution is -2.43. The maximum absolute atomic E-state index is 12.3. The Labute approximate surface area is 159 Å². The summed E-state index contributed by atoms with van der Waals surface area (Å²) in [7, 11) is 3.57. The zero-order chi connectivity index (χ0) is 18.8. The lowest BCUT2D eigenvalue weighted by atomic mass is 10.1. The number of rotatable bonds is 4. The van der Waals surface area contributed by atoms with Crippen LogP contribution in [-0.2, 0) is 11.3 Å². The van der Waals surface area contributed by atoms with E-state index in [0.717, 1.165) is 49.6 Å². The van der Waals surface area contributed by atoms with E-state index < -0.39 is 0 Å². The topological polar surface area (TPSA) is 50.1 Å². The van der Waals surface area contributed by atoms with Gasteiger partial charge in [0.15, 0.2) is 0 Å². The maximum Gasteiger partial charge on any atom is 0.340 e. The molecule has 3 aromatic heterocycles. The Balaban J connectivity index is 1.70. The summed E-state index contributed by atoms with van der Waals surface area (Å²) in [6.45, 7) is 5.20. The summed E-state index contributed by atoms with van der Waals surface area (Å²) in [5, 5.41) is 0. The summed E-state index contributed by atoms with van der Waals surface area (Å²) in [5.74, 6) is -0.347. The first-order valence-electron chi connectivity index (χ1n) is 9.20. The van der Waals surface area contributed by atoms with E-state index in [1.165, 1.54) is 12.7 Å². The molecule has 6 nitrogen and oxygen atoms in total. The number of likely N-dealkylation sites (N-methyl/N-ethyl adjacent to an activating group) is 1. The number of nitrogens with zero attached hydrogens (tertiary/aromatic N) is 4. The summed E-state index contributed by atoms with van der Waals surface area (Å²) in [6, 6.07) is 11.9. The number of methoxy groups -OCH3 is 1. The molecule has 1 aliphatic heterocycles. The molecule has 1 saturated heterocycles. The average Bonchev–Trinajstić information content (AvgIpc) is 3.09. The summed E-state index contributed by atoms with van der Waals surface area (Å²) in [5.41, 5.74) is 4.24. The lowest BCUT2D eigenvalue weighted by molar-refractivity contribution is 0.0602. The van der Waals surface area contributed by atoms with Crippen LogP contribution in [0.3, 0.4) is 0 Å². The molecule has 0 unspecified atom stereocenters. The molecule has 3 aromatic rings. The van der Waals surface area contributed by atoms with Gasteiger partial charge in [-0.1, -0.05) is 6.07 Å². The molecule has 6 heteroatoms. The van der Waals surface area contributed by atoms with E-state index in [1.807, 2.05) is 41.1 Å². The maximum atomic E-state index is 12.3. The predicted octanol–water partition coefficient (Wildman–Crippen LogP) is 2.54. The number of carbonyl (C=O) groups excluding carboxylic acids is 1. The number of piperazine rings is 1. The van der Waals surface area contributed by atoms with Gasteiger partial charge >= 0.3 is 5.97 Å². The molecular formula is C21H24N4O2. The van der Waals surface area contributed by atoms with Gasteiger partial charge in [0.2, 0.25) is 0 Å². The minimum absolute atomic E-state index is 0.347. The summed E-state index contributed by atoms with van der Waals surface area (Å²) in [4.78, 5) is 21.7. The second kappa shape index (κ2) is 7.50. The highest BCUT2D eigenvalue weighted by atomic mass is 16.5. The highest BCUT2D eigenvalue weighted by Gasteiger charge is 2.20. The van der Waals surface area contributed by atoms with Crippen LogP contribution in [0.4, 0.5) is 0 Å². The number of hydrogen-bond donors (Lipinski definition) is 0. The molecule has 1 aliphatic rings. The Morgan fingerprint density at radius 1 is 1.15 bits per heavy atom. The van der Waals surface area contributed by atoms with Gasteiger partial charge in [-0.15, -0.1) is 0 Å². The van der Waals surface area contributed by atoms with Crippen molar-refractivity contribution in [1.82, 2.24) is 19.2 Å². The van der Waals surface area contributed by atoms with E-state index in [0.29, 0.717) is 5.56 Å². The monoisotopic (exact) mass is 364 g/mol. The summed E-state index contributed by atoms with van der Waals surface area (Å²) in [6.07, 6.45) is 3.77. The van der Waals surface area contributed by atoms with Gasteiger partial charge in [-0.25, -0.2) is 4.79 Å². The second-order valence-corrected chi connectivity index (χ2v) is 7.02. The molecule has 0 atom stereocenters. The number of pyridine rings is 2. The fraction of sp³-hybridized carbons (Fsp3) is 0.333. The van der Waals surface area contributed by atoms with Crippen LogP contribution < -0.4 is 0 Å². The molecule has 0 aliphatic carbocycles. The van der Waals surface area contributed by atoms with Gasteiger partial charge in [-0.05, 0) is 42.9 Å². The molecule has 0 amide bonds. The minimum atomic E-state index is -0.347. The molecule has 4 rings (SSSR count). The van der Waals surface area contributed by atoms with Crippen LogP contribution in [0.25, 0.3) is 16.9 Å². The largest absolute Gasteiger partial charge is 0.465 e. The number of carbonyl (C=O) groups is 1. The number of fused-ring (bicyclic) bond motifs is 1. The Morgan fingerprint density at radius 2 is 1.96 bits per heavy atom. The molecular weight excluding hydrogens is 340 g/mol. The standard InChI is InChI=1S/C21H24N4O2/c1-23-9-11-24(12-10-23)15-16-6-7-22-19(13-16)20-18(21(26)27-2)14-17-5-3-4-8-25(17)20/h3-8,13-14H,9-12,15H2,1-2H3. The van der Waals surface area contributed by atoms with Crippen molar-refractivity contribution in [3.05, 3.63) is 59.9 Å². The van der Waals surface area contributed by atoms with Gasteiger partial charge in [0.25, 0.3) is 0 Å². The van der Waals surface area contributed by atoms with Gasteiger partial charge in [0, 0.05) is 50.6 Å². The van der Waals surface area contributed by atoms with Crippen LogP contribution in [0.2, 0.25) is 0 Å². The van der Waals surface area contributed by atoms with Crippen molar-refractivity contribution in [2.24, 2.45) is 0 Å². The van der Waals surface area contributed by atoms with Crippen molar-refractivity contribution in [2.75, 3.05) is 40.3 Å². The highest BCUT2D eigenvalue weighted by Crippen LogP contribution is 2.27.